The molecule has 0 amide bonds. The third-order valence-electron chi connectivity index (χ3n) is 1.55. The number of Topliss-reactive ketones (excluding diaryl/α,β-unsaturated/α-hetero) is 1. The highest BCUT2D eigenvalue weighted by Crippen LogP contribution is 2.21. The Balaban J connectivity index is 3.09. The van der Waals surface area contributed by atoms with Gasteiger partial charge in [0.05, 0.1) is 5.02 Å². The molecular weight excluding hydrogens is 194 g/mol. The Morgan fingerprint density at radius 1 is 1.42 bits per heavy atom. The van der Waals surface area contributed by atoms with Crippen LogP contribution in [-0.4, -0.2) is 13.6 Å². The summed E-state index contributed by atoms with van der Waals surface area (Å²) in [7, 11) is 1.80. The van der Waals surface area contributed by atoms with Gasteiger partial charge in [0.2, 0.25) is 0 Å². The average molecular weight is 201 g/mol. The molecule has 1 aromatic carbocycles. The van der Waals surface area contributed by atoms with Crippen LogP contribution in [0.1, 0.15) is 10.4 Å². The van der Waals surface area contributed by atoms with Gasteiger partial charge in [-0.15, -0.1) is 0 Å². The molecule has 0 spiro atoms. The summed E-state index contributed by atoms with van der Waals surface area (Å²) in [6.07, 6.45) is 0.460. The number of carbonyl (C=O) groups is 1. The lowest BCUT2D eigenvalue weighted by molar-refractivity contribution is 0.101. The maximum atomic E-state index is 11.2. The molecule has 0 unspecified atom stereocenters. The van der Waals surface area contributed by atoms with Crippen LogP contribution >= 0.6 is 23.2 Å². The molecule has 0 N–H and O–H groups in total. The molecule has 0 aliphatic rings. The number of hydrogen-bond acceptors (Lipinski definition) is 1. The second-order valence-corrected chi connectivity index (χ2v) is 3.24. The van der Waals surface area contributed by atoms with Crippen LogP contribution in [-0.2, 0) is 0 Å². The fraction of sp³-hybridized carbons (Fsp3) is 0.125. The fourth-order valence-electron chi connectivity index (χ4n) is 0.906. The predicted molar refractivity (Wildman–Crippen MR) is 54.1 cm³/mol. The van der Waals surface area contributed by atoms with E-state index >= 15 is 0 Å². The number of hydrogen-bond donors (Lipinski definition) is 0. The van der Waals surface area contributed by atoms with E-state index in [0.717, 1.165) is 0 Å². The van der Waals surface area contributed by atoms with Crippen molar-refractivity contribution < 1.29 is 4.79 Å². The smallest absolute Gasteiger partial charge is 0.156 e. The van der Waals surface area contributed by atoms with Gasteiger partial charge >= 0.3 is 0 Å². The average Bonchev–Trinajstić information content (AvgIpc) is 2.03. The van der Waals surface area contributed by atoms with E-state index in [1.807, 2.05) is 0 Å². The van der Waals surface area contributed by atoms with Crippen LogP contribution in [0.3, 0.4) is 0 Å². The Morgan fingerprint density at radius 3 is 2.58 bits per heavy atom. The zero-order valence-corrected chi connectivity index (χ0v) is 8.12. The SMILES string of the molecule is BCC(=O)c1ccc(Cl)cc1Cl. The van der Waals surface area contributed by atoms with E-state index in [-0.39, 0.29) is 5.78 Å². The second-order valence-electron chi connectivity index (χ2n) is 2.40. The number of carbonyl (C=O) groups excluding carboxylic acids is 1. The second kappa shape index (κ2) is 3.97. The topological polar surface area (TPSA) is 17.1 Å². The molecule has 0 fully saturated rings. The summed E-state index contributed by atoms with van der Waals surface area (Å²) in [5, 5.41) is 0.974. The van der Waals surface area contributed by atoms with Crippen LogP contribution < -0.4 is 0 Å². The van der Waals surface area contributed by atoms with Gasteiger partial charge in [-0.05, 0) is 24.5 Å². The van der Waals surface area contributed by atoms with Crippen molar-refractivity contribution in [2.24, 2.45) is 0 Å². The molecule has 0 heterocycles. The van der Waals surface area contributed by atoms with E-state index in [1.54, 1.807) is 26.0 Å². The summed E-state index contributed by atoms with van der Waals surface area (Å²) in [6, 6.07) is 4.89. The van der Waals surface area contributed by atoms with Crippen LogP contribution in [0.2, 0.25) is 16.4 Å². The Labute approximate surface area is 82.1 Å². The highest BCUT2D eigenvalue weighted by atomic mass is 35.5. The van der Waals surface area contributed by atoms with Crippen molar-refractivity contribution in [3.63, 3.8) is 0 Å². The summed E-state index contributed by atoms with van der Waals surface area (Å²) in [4.78, 5) is 11.2. The van der Waals surface area contributed by atoms with Gasteiger partial charge in [-0.3, -0.25) is 4.79 Å². The van der Waals surface area contributed by atoms with Crippen molar-refractivity contribution in [2.75, 3.05) is 0 Å². The number of halogens is 2. The number of rotatable bonds is 2. The molecule has 12 heavy (non-hydrogen) atoms. The minimum atomic E-state index is 0.0386. The summed E-state index contributed by atoms with van der Waals surface area (Å²) in [6.45, 7) is 0. The van der Waals surface area contributed by atoms with E-state index in [9.17, 15) is 4.79 Å². The summed E-state index contributed by atoms with van der Waals surface area (Å²) >= 11 is 11.5. The van der Waals surface area contributed by atoms with Crippen LogP contribution in [0.5, 0.6) is 0 Å². The lowest BCUT2D eigenvalue weighted by atomic mass is 9.96. The van der Waals surface area contributed by atoms with Gasteiger partial charge in [0.25, 0.3) is 0 Å². The summed E-state index contributed by atoms with van der Waals surface area (Å²) < 4.78 is 0. The summed E-state index contributed by atoms with van der Waals surface area (Å²) in [5.41, 5.74) is 0.545. The van der Waals surface area contributed by atoms with E-state index in [2.05, 4.69) is 0 Å². The normalized spacial score (nSPS) is 9.83. The van der Waals surface area contributed by atoms with Crippen LogP contribution in [0.4, 0.5) is 0 Å². The maximum Gasteiger partial charge on any atom is 0.156 e. The van der Waals surface area contributed by atoms with E-state index < -0.39 is 0 Å². The van der Waals surface area contributed by atoms with Crippen LogP contribution in [0, 0.1) is 0 Å². The van der Waals surface area contributed by atoms with E-state index in [4.69, 9.17) is 23.2 Å². The van der Waals surface area contributed by atoms with Gasteiger partial charge in [0, 0.05) is 10.6 Å². The lowest BCUT2D eigenvalue weighted by Crippen LogP contribution is -1.97. The quantitative estimate of drug-likeness (QED) is 0.529. The lowest BCUT2D eigenvalue weighted by Gasteiger charge is -2.00. The van der Waals surface area contributed by atoms with Crippen LogP contribution in [0.25, 0.3) is 0 Å². The molecule has 0 aromatic heterocycles. The van der Waals surface area contributed by atoms with Crippen molar-refractivity contribution in [1.29, 1.82) is 0 Å². The molecule has 1 rings (SSSR count). The standard InChI is InChI=1S/C8H7BCl2O/c9-4-8(12)6-2-1-5(10)3-7(6)11/h1-3H,4,9H2. The Hall–Kier alpha value is -0.465. The first-order chi connectivity index (χ1) is 5.65. The first-order valence-corrected chi connectivity index (χ1v) is 4.39. The third-order valence-corrected chi connectivity index (χ3v) is 2.10. The fourth-order valence-corrected chi connectivity index (χ4v) is 1.42. The minimum absolute atomic E-state index is 0.0386. The van der Waals surface area contributed by atoms with Gasteiger partial charge in [0.15, 0.2) is 5.78 Å². The Kier molecular flexibility index (Phi) is 3.18. The van der Waals surface area contributed by atoms with Crippen molar-refractivity contribution in [1.82, 2.24) is 0 Å². The van der Waals surface area contributed by atoms with E-state index in [1.165, 1.54) is 0 Å². The molecule has 0 saturated carbocycles. The highest BCUT2D eigenvalue weighted by molar-refractivity contribution is 6.38. The molecule has 1 aromatic rings. The van der Waals surface area contributed by atoms with Gasteiger partial charge < -0.3 is 0 Å². The third kappa shape index (κ3) is 2.02. The summed E-state index contributed by atoms with van der Waals surface area (Å²) in [5.74, 6) is 0.0386. The van der Waals surface area contributed by atoms with E-state index in [0.29, 0.717) is 21.9 Å². The van der Waals surface area contributed by atoms with Gasteiger partial charge in [0.1, 0.15) is 7.85 Å². The molecule has 4 heteroatoms. The highest BCUT2D eigenvalue weighted by Gasteiger charge is 2.07. The molecule has 1 nitrogen and oxygen atoms in total. The largest absolute Gasteiger partial charge is 0.295 e. The Morgan fingerprint density at radius 2 is 2.08 bits per heavy atom. The maximum absolute atomic E-state index is 11.2. The number of benzene rings is 1. The molecule has 0 aliphatic heterocycles. The van der Waals surface area contributed by atoms with Crippen molar-refractivity contribution in [3.05, 3.63) is 33.8 Å². The molecule has 0 aliphatic carbocycles. The van der Waals surface area contributed by atoms with Crippen molar-refractivity contribution in [2.45, 2.75) is 6.32 Å². The van der Waals surface area contributed by atoms with Gasteiger partial charge in [-0.25, -0.2) is 0 Å². The first kappa shape index (κ1) is 9.62. The molecule has 0 atom stereocenters. The van der Waals surface area contributed by atoms with Crippen molar-refractivity contribution in [3.8, 4) is 0 Å². The molecule has 62 valence electrons. The molecule has 0 bridgehead atoms. The minimum Gasteiger partial charge on any atom is -0.295 e. The predicted octanol–water partition coefficient (Wildman–Crippen LogP) is 2.23. The zero-order valence-electron chi connectivity index (χ0n) is 6.60. The Bertz CT molecular complexity index is 312. The first-order valence-electron chi connectivity index (χ1n) is 3.63. The molecule has 0 radical (unpaired) electrons. The van der Waals surface area contributed by atoms with Crippen molar-refractivity contribution >= 4 is 36.8 Å². The van der Waals surface area contributed by atoms with Gasteiger partial charge in [-0.1, -0.05) is 23.2 Å². The monoisotopic (exact) mass is 200 g/mol. The molecule has 0 saturated heterocycles. The zero-order chi connectivity index (χ0) is 9.14. The number of ketones is 1. The van der Waals surface area contributed by atoms with Crippen LogP contribution in [0.15, 0.2) is 18.2 Å². The molecular formula is C8H7BCl2O. The van der Waals surface area contributed by atoms with Gasteiger partial charge in [-0.2, -0.15) is 0 Å².